The van der Waals surface area contributed by atoms with Crippen molar-refractivity contribution >= 4 is 18.0 Å². The number of rotatable bonds is 15. The summed E-state index contributed by atoms with van der Waals surface area (Å²) in [5, 5.41) is 20.0. The summed E-state index contributed by atoms with van der Waals surface area (Å²) in [5.74, 6) is -2.51. The zero-order valence-corrected chi connectivity index (χ0v) is 22.9. The third-order valence-corrected chi connectivity index (χ3v) is 5.95. The van der Waals surface area contributed by atoms with E-state index in [1.54, 1.807) is 11.9 Å². The van der Waals surface area contributed by atoms with Crippen molar-refractivity contribution in [2.75, 3.05) is 46.3 Å². The van der Waals surface area contributed by atoms with Gasteiger partial charge in [0.05, 0.1) is 18.8 Å². The monoisotopic (exact) mass is 545 g/mol. The van der Waals surface area contributed by atoms with Crippen LogP contribution in [0.15, 0.2) is 65.3 Å². The van der Waals surface area contributed by atoms with Crippen LogP contribution in [0.3, 0.4) is 0 Å². The number of nitrogens with zero attached hydrogens (tertiary/aromatic N) is 4. The molecule has 0 spiro atoms. The van der Waals surface area contributed by atoms with Crippen molar-refractivity contribution in [3.63, 3.8) is 0 Å². The predicted molar refractivity (Wildman–Crippen MR) is 152 cm³/mol. The number of hydrogen-bond acceptors (Lipinski definition) is 7. The van der Waals surface area contributed by atoms with Gasteiger partial charge in [0.2, 0.25) is 0 Å². The van der Waals surface area contributed by atoms with Crippen molar-refractivity contribution in [2.45, 2.75) is 38.7 Å². The molecule has 1 amide bonds. The van der Waals surface area contributed by atoms with E-state index in [2.05, 4.69) is 52.1 Å². The van der Waals surface area contributed by atoms with E-state index in [0.29, 0.717) is 13.0 Å². The fourth-order valence-electron chi connectivity index (χ4n) is 3.89. The topological polar surface area (TPSA) is 105 Å². The van der Waals surface area contributed by atoms with E-state index in [4.69, 9.17) is 0 Å². The molecule has 4 N–H and O–H groups in total. The molecule has 214 valence electrons. The highest BCUT2D eigenvalue weighted by Crippen LogP contribution is 2.14. The number of amides is 1. The number of benzene rings is 1. The Morgan fingerprint density at radius 2 is 2.03 bits per heavy atom. The number of nitrogens with one attached hydrogen (secondary N) is 3. The van der Waals surface area contributed by atoms with E-state index < -0.39 is 23.8 Å². The molecule has 1 fully saturated rings. The van der Waals surface area contributed by atoms with Crippen molar-refractivity contribution in [2.24, 2.45) is 9.98 Å². The summed E-state index contributed by atoms with van der Waals surface area (Å²) in [6.07, 6.45) is 7.53. The summed E-state index contributed by atoms with van der Waals surface area (Å²) in [6, 6.07) is 3.88. The Labute approximate surface area is 230 Å². The SMILES string of the molecule is C=CCN=C(C(=O)NCC(O)N(C)CCC=N/C(=C\CC)C1NCCN1)N(CC=C)Cc1cccc(F)c1F. The summed E-state index contributed by atoms with van der Waals surface area (Å²) in [7, 11) is 1.75. The van der Waals surface area contributed by atoms with Crippen molar-refractivity contribution in [1.82, 2.24) is 25.8 Å². The summed E-state index contributed by atoms with van der Waals surface area (Å²) < 4.78 is 28.0. The number of carbonyl (C=O) groups is 1. The molecule has 1 aliphatic rings. The molecule has 1 atom stereocenters. The number of aliphatic hydroxyl groups is 1. The second-order valence-corrected chi connectivity index (χ2v) is 8.99. The van der Waals surface area contributed by atoms with Gasteiger partial charge in [-0.2, -0.15) is 0 Å². The van der Waals surface area contributed by atoms with Crippen LogP contribution in [0.5, 0.6) is 0 Å². The maximum absolute atomic E-state index is 14.3. The minimum Gasteiger partial charge on any atom is -0.377 e. The molecule has 9 nitrogen and oxygen atoms in total. The van der Waals surface area contributed by atoms with Crippen LogP contribution >= 0.6 is 0 Å². The van der Waals surface area contributed by atoms with E-state index in [1.807, 2.05) is 6.21 Å². The maximum Gasteiger partial charge on any atom is 0.286 e. The largest absolute Gasteiger partial charge is 0.377 e. The zero-order chi connectivity index (χ0) is 28.6. The van der Waals surface area contributed by atoms with Crippen LogP contribution in [0.25, 0.3) is 0 Å². The van der Waals surface area contributed by atoms with Gasteiger partial charge in [0.15, 0.2) is 17.5 Å². The number of carbonyl (C=O) groups excluding carboxylic acids is 1. The first-order chi connectivity index (χ1) is 18.8. The average molecular weight is 546 g/mol. The first-order valence-electron chi connectivity index (χ1n) is 13.1. The van der Waals surface area contributed by atoms with E-state index in [-0.39, 0.29) is 43.7 Å². The fraction of sp³-hybridized carbons (Fsp3) is 0.464. The normalized spacial score (nSPS) is 15.6. The summed E-state index contributed by atoms with van der Waals surface area (Å²) >= 11 is 0. The summed E-state index contributed by atoms with van der Waals surface area (Å²) in [5.41, 5.74) is 1.02. The predicted octanol–water partition coefficient (Wildman–Crippen LogP) is 2.18. The quantitative estimate of drug-likeness (QED) is 0.117. The minimum atomic E-state index is -0.983. The lowest BCUT2D eigenvalue weighted by Gasteiger charge is -2.26. The molecule has 1 aliphatic heterocycles. The molecule has 1 heterocycles. The van der Waals surface area contributed by atoms with Crippen LogP contribution in [0.1, 0.15) is 25.3 Å². The number of hydrogen-bond donors (Lipinski definition) is 4. The van der Waals surface area contributed by atoms with E-state index in [9.17, 15) is 18.7 Å². The van der Waals surface area contributed by atoms with Crippen LogP contribution in [-0.4, -0.2) is 91.6 Å². The molecule has 0 aliphatic carbocycles. The van der Waals surface area contributed by atoms with Gasteiger partial charge in [0, 0.05) is 44.5 Å². The molecule has 11 heteroatoms. The molecule has 1 aromatic carbocycles. The van der Waals surface area contributed by atoms with Gasteiger partial charge in [0.1, 0.15) is 12.4 Å². The highest BCUT2D eigenvalue weighted by molar-refractivity contribution is 6.37. The summed E-state index contributed by atoms with van der Waals surface area (Å²) in [4.78, 5) is 25.1. The molecule has 1 unspecified atom stereocenters. The van der Waals surface area contributed by atoms with Crippen molar-refractivity contribution in [3.05, 3.63) is 72.5 Å². The number of likely N-dealkylation sites (N-methyl/N-ethyl adjacent to an activating group) is 1. The number of amidine groups is 1. The fourth-order valence-corrected chi connectivity index (χ4v) is 3.89. The first kappa shape index (κ1) is 32.0. The van der Waals surface area contributed by atoms with Crippen molar-refractivity contribution < 1.29 is 18.7 Å². The Balaban J connectivity index is 1.96. The van der Waals surface area contributed by atoms with Gasteiger partial charge in [0.25, 0.3) is 5.91 Å². The van der Waals surface area contributed by atoms with E-state index in [0.717, 1.165) is 31.3 Å². The average Bonchev–Trinajstić information content (AvgIpc) is 3.46. The molecular formula is C28H41F2N7O2. The van der Waals surface area contributed by atoms with Crippen LogP contribution < -0.4 is 16.0 Å². The molecule has 0 saturated carbocycles. The molecule has 0 aromatic heterocycles. The molecule has 1 saturated heterocycles. The summed E-state index contributed by atoms with van der Waals surface area (Å²) in [6.45, 7) is 11.9. The Kier molecular flexibility index (Phi) is 14.2. The molecule has 39 heavy (non-hydrogen) atoms. The lowest BCUT2D eigenvalue weighted by Crippen LogP contribution is -2.48. The lowest BCUT2D eigenvalue weighted by molar-refractivity contribution is -0.116. The third kappa shape index (κ3) is 10.4. The molecule has 0 radical (unpaired) electrons. The number of allylic oxidation sites excluding steroid dienone is 1. The molecule has 1 aromatic rings. The molecular weight excluding hydrogens is 504 g/mol. The maximum atomic E-state index is 14.3. The molecule has 0 bridgehead atoms. The van der Waals surface area contributed by atoms with Crippen LogP contribution in [0.2, 0.25) is 0 Å². The molecule has 2 rings (SSSR count). The van der Waals surface area contributed by atoms with Gasteiger partial charge in [-0.05, 0) is 26.0 Å². The minimum absolute atomic E-state index is 0.00446. The number of halogens is 2. The zero-order valence-electron chi connectivity index (χ0n) is 22.9. The Hall–Kier alpha value is -3.25. The lowest BCUT2D eigenvalue weighted by atomic mass is 10.2. The first-order valence-corrected chi connectivity index (χ1v) is 13.1. The number of aliphatic imine (C=N–C) groups is 2. The van der Waals surface area contributed by atoms with Crippen molar-refractivity contribution in [3.8, 4) is 0 Å². The highest BCUT2D eigenvalue weighted by Gasteiger charge is 2.22. The van der Waals surface area contributed by atoms with Gasteiger partial charge in [-0.1, -0.05) is 37.3 Å². The van der Waals surface area contributed by atoms with Gasteiger partial charge < -0.3 is 15.3 Å². The third-order valence-electron chi connectivity index (χ3n) is 5.95. The smallest absolute Gasteiger partial charge is 0.286 e. The van der Waals surface area contributed by atoms with Gasteiger partial charge in [-0.25, -0.2) is 8.78 Å². The van der Waals surface area contributed by atoms with Gasteiger partial charge in [-0.3, -0.25) is 30.3 Å². The van der Waals surface area contributed by atoms with Crippen LogP contribution in [-0.2, 0) is 11.3 Å². The van der Waals surface area contributed by atoms with Gasteiger partial charge >= 0.3 is 0 Å². The van der Waals surface area contributed by atoms with Gasteiger partial charge in [-0.15, -0.1) is 13.2 Å². The Morgan fingerprint density at radius 1 is 1.28 bits per heavy atom. The highest BCUT2D eigenvalue weighted by atomic mass is 19.2. The van der Waals surface area contributed by atoms with Crippen molar-refractivity contribution in [1.29, 1.82) is 0 Å². The van der Waals surface area contributed by atoms with E-state index >= 15 is 0 Å². The Morgan fingerprint density at radius 3 is 2.69 bits per heavy atom. The van der Waals surface area contributed by atoms with E-state index in [1.165, 1.54) is 29.2 Å². The van der Waals surface area contributed by atoms with Crippen LogP contribution in [0, 0.1) is 11.6 Å². The number of aliphatic hydroxyl groups excluding tert-OH is 1. The Bertz CT molecular complexity index is 1040. The second-order valence-electron chi connectivity index (χ2n) is 8.99. The standard InChI is InChI=1S/C28H41F2N7O2/c1-5-10-23(26-32-15-16-33-26)31-14-9-18-36(4)24(38)19-35-28(39)27(34-13-6-2)37(17-7-3)20-21-11-8-12-22(29)25(21)30/h6-8,10-12,14,24,26,32-33,38H,2-3,5,9,13,15-20H2,1,4H3,(H,35,39)/b23-10-,31-14?,34-27?. The second kappa shape index (κ2) is 17.4. The van der Waals surface area contributed by atoms with Crippen LogP contribution in [0.4, 0.5) is 8.78 Å².